The largest absolute Gasteiger partial charge is 0.377 e. The molecule has 110 valence electrons. The molecule has 5 heteroatoms. The topological polar surface area (TPSA) is 54.5 Å². The number of carbonyl (C=O) groups excluding carboxylic acids is 1. The van der Waals surface area contributed by atoms with Crippen LogP contribution in [0.4, 0.5) is 4.79 Å². The van der Waals surface area contributed by atoms with Crippen molar-refractivity contribution in [1.29, 1.82) is 0 Å². The number of hydrogen-bond acceptors (Lipinski definition) is 3. The number of amides is 2. The van der Waals surface area contributed by atoms with E-state index < -0.39 is 0 Å². The quantitative estimate of drug-likeness (QED) is 0.854. The maximum absolute atomic E-state index is 12.1. The van der Waals surface area contributed by atoms with Gasteiger partial charge in [0, 0.05) is 38.6 Å². The van der Waals surface area contributed by atoms with Crippen LogP contribution < -0.4 is 5.32 Å². The van der Waals surface area contributed by atoms with Crippen LogP contribution in [0.15, 0.2) is 24.5 Å². The average Bonchev–Trinajstić information content (AvgIpc) is 2.69. The highest BCUT2D eigenvalue weighted by molar-refractivity contribution is 5.74. The second-order valence-electron chi connectivity index (χ2n) is 5.18. The fraction of sp³-hybridized carbons (Fsp3) is 0.600. The van der Waals surface area contributed by atoms with Gasteiger partial charge in [-0.3, -0.25) is 4.98 Å². The molecule has 2 heterocycles. The minimum absolute atomic E-state index is 0.0218. The lowest BCUT2D eigenvalue weighted by Crippen LogP contribution is -2.43. The Hall–Kier alpha value is -1.62. The third-order valence-electron chi connectivity index (χ3n) is 3.38. The van der Waals surface area contributed by atoms with Crippen molar-refractivity contribution in [2.75, 3.05) is 26.2 Å². The van der Waals surface area contributed by atoms with Gasteiger partial charge in [0.15, 0.2) is 0 Å². The second-order valence-corrected chi connectivity index (χ2v) is 5.18. The highest BCUT2D eigenvalue weighted by atomic mass is 16.5. The van der Waals surface area contributed by atoms with E-state index in [9.17, 15) is 4.79 Å². The van der Waals surface area contributed by atoms with E-state index in [2.05, 4.69) is 16.4 Å². The number of rotatable bonds is 4. The van der Waals surface area contributed by atoms with E-state index in [1.54, 1.807) is 6.20 Å². The molecule has 0 saturated carbocycles. The van der Waals surface area contributed by atoms with Crippen LogP contribution in [0.1, 0.15) is 25.3 Å². The molecule has 0 bridgehead atoms. The van der Waals surface area contributed by atoms with Gasteiger partial charge in [0.25, 0.3) is 0 Å². The van der Waals surface area contributed by atoms with Crippen LogP contribution in [0.2, 0.25) is 0 Å². The number of ether oxygens (including phenoxy) is 1. The number of aryl methyl sites for hydroxylation is 1. The number of carbonyl (C=O) groups is 1. The molecule has 1 aromatic heterocycles. The fourth-order valence-corrected chi connectivity index (χ4v) is 2.32. The third kappa shape index (κ3) is 4.81. The molecule has 2 rings (SSSR count). The number of pyridine rings is 1. The van der Waals surface area contributed by atoms with Crippen LogP contribution in [0.3, 0.4) is 0 Å². The van der Waals surface area contributed by atoms with Gasteiger partial charge in [-0.25, -0.2) is 4.79 Å². The maximum atomic E-state index is 12.1. The summed E-state index contributed by atoms with van der Waals surface area (Å²) in [5.74, 6) is 0. The first-order chi connectivity index (χ1) is 9.75. The van der Waals surface area contributed by atoms with Crippen molar-refractivity contribution >= 4 is 6.03 Å². The molecule has 1 aliphatic rings. The number of nitrogens with zero attached hydrogens (tertiary/aromatic N) is 2. The number of aromatic nitrogens is 1. The van der Waals surface area contributed by atoms with E-state index in [4.69, 9.17) is 4.74 Å². The normalized spacial score (nSPS) is 19.4. The van der Waals surface area contributed by atoms with Crippen LogP contribution in [0.5, 0.6) is 0 Å². The lowest BCUT2D eigenvalue weighted by molar-refractivity contribution is 0.0710. The van der Waals surface area contributed by atoms with Crippen molar-refractivity contribution in [1.82, 2.24) is 15.2 Å². The molecule has 1 unspecified atom stereocenters. The van der Waals surface area contributed by atoms with Gasteiger partial charge < -0.3 is 15.0 Å². The molecule has 0 spiro atoms. The molecule has 2 amide bonds. The zero-order chi connectivity index (χ0) is 14.2. The van der Waals surface area contributed by atoms with Crippen molar-refractivity contribution < 1.29 is 9.53 Å². The van der Waals surface area contributed by atoms with Crippen LogP contribution in [0.25, 0.3) is 0 Å². The van der Waals surface area contributed by atoms with Gasteiger partial charge in [-0.1, -0.05) is 6.07 Å². The lowest BCUT2D eigenvalue weighted by atomic mass is 10.1. The smallest absolute Gasteiger partial charge is 0.317 e. The van der Waals surface area contributed by atoms with Gasteiger partial charge in [-0.05, 0) is 37.8 Å². The molecule has 0 aliphatic carbocycles. The summed E-state index contributed by atoms with van der Waals surface area (Å²) in [6.07, 6.45) is 6.54. The Morgan fingerprint density at radius 1 is 1.60 bits per heavy atom. The van der Waals surface area contributed by atoms with Crippen LogP contribution in [-0.4, -0.2) is 48.3 Å². The molecular weight excluding hydrogens is 254 g/mol. The van der Waals surface area contributed by atoms with E-state index in [-0.39, 0.29) is 12.1 Å². The van der Waals surface area contributed by atoms with E-state index in [1.165, 1.54) is 5.56 Å². The number of nitrogens with one attached hydrogen (secondary N) is 1. The van der Waals surface area contributed by atoms with Crippen molar-refractivity contribution in [3.8, 4) is 0 Å². The summed E-state index contributed by atoms with van der Waals surface area (Å²) in [6.45, 7) is 4.90. The maximum Gasteiger partial charge on any atom is 0.317 e. The molecule has 0 radical (unpaired) electrons. The standard InChI is InChI=1S/C15H23N3O2/c1-13-12-18(9-4-10-20-13)15(19)17-8-3-6-14-5-2-7-16-11-14/h2,5,7,11,13H,3-4,6,8-10,12H2,1H3,(H,17,19). The summed E-state index contributed by atoms with van der Waals surface area (Å²) < 4.78 is 5.54. The SMILES string of the molecule is CC1CN(C(=O)NCCCc2cccnc2)CCCO1. The minimum Gasteiger partial charge on any atom is -0.377 e. The van der Waals surface area contributed by atoms with Gasteiger partial charge in [-0.15, -0.1) is 0 Å². The van der Waals surface area contributed by atoms with Crippen molar-refractivity contribution in [3.05, 3.63) is 30.1 Å². The molecular formula is C15H23N3O2. The Labute approximate surface area is 120 Å². The molecule has 1 aliphatic heterocycles. The first-order valence-corrected chi connectivity index (χ1v) is 7.29. The van der Waals surface area contributed by atoms with Gasteiger partial charge in [-0.2, -0.15) is 0 Å². The van der Waals surface area contributed by atoms with Crippen LogP contribution in [-0.2, 0) is 11.2 Å². The summed E-state index contributed by atoms with van der Waals surface area (Å²) in [5, 5.41) is 2.98. The van der Waals surface area contributed by atoms with Crippen molar-refractivity contribution in [2.24, 2.45) is 0 Å². The minimum atomic E-state index is 0.0218. The first kappa shape index (κ1) is 14.8. The van der Waals surface area contributed by atoms with Gasteiger partial charge in [0.05, 0.1) is 6.10 Å². The Morgan fingerprint density at radius 2 is 2.50 bits per heavy atom. The number of hydrogen-bond donors (Lipinski definition) is 1. The summed E-state index contributed by atoms with van der Waals surface area (Å²) in [4.78, 5) is 18.0. The highest BCUT2D eigenvalue weighted by Gasteiger charge is 2.19. The van der Waals surface area contributed by atoms with Crippen LogP contribution in [0, 0.1) is 0 Å². The van der Waals surface area contributed by atoms with Crippen molar-refractivity contribution in [3.63, 3.8) is 0 Å². The molecule has 0 aromatic carbocycles. The first-order valence-electron chi connectivity index (χ1n) is 7.29. The zero-order valence-corrected chi connectivity index (χ0v) is 12.0. The van der Waals surface area contributed by atoms with E-state index in [0.29, 0.717) is 13.1 Å². The Balaban J connectivity index is 1.67. The lowest BCUT2D eigenvalue weighted by Gasteiger charge is -2.22. The summed E-state index contributed by atoms with van der Waals surface area (Å²) in [7, 11) is 0. The molecule has 5 nitrogen and oxygen atoms in total. The molecule has 1 atom stereocenters. The summed E-state index contributed by atoms with van der Waals surface area (Å²) in [5.41, 5.74) is 1.21. The Morgan fingerprint density at radius 3 is 3.30 bits per heavy atom. The summed E-state index contributed by atoms with van der Waals surface area (Å²) >= 11 is 0. The van der Waals surface area contributed by atoms with E-state index >= 15 is 0 Å². The van der Waals surface area contributed by atoms with E-state index in [0.717, 1.165) is 32.4 Å². The Bertz CT molecular complexity index is 411. The predicted octanol–water partition coefficient (Wildman–Crippen LogP) is 1.83. The third-order valence-corrected chi connectivity index (χ3v) is 3.38. The van der Waals surface area contributed by atoms with E-state index in [1.807, 2.05) is 24.1 Å². The zero-order valence-electron chi connectivity index (χ0n) is 12.0. The second kappa shape index (κ2) is 7.85. The monoisotopic (exact) mass is 277 g/mol. The summed E-state index contributed by atoms with van der Waals surface area (Å²) in [6, 6.07) is 4.02. The predicted molar refractivity (Wildman–Crippen MR) is 77.6 cm³/mol. The average molecular weight is 277 g/mol. The fourth-order valence-electron chi connectivity index (χ4n) is 2.32. The van der Waals surface area contributed by atoms with Crippen LogP contribution >= 0.6 is 0 Å². The van der Waals surface area contributed by atoms with Gasteiger partial charge in [0.1, 0.15) is 0 Å². The molecule has 1 saturated heterocycles. The Kier molecular flexibility index (Phi) is 5.80. The highest BCUT2D eigenvalue weighted by Crippen LogP contribution is 2.05. The molecule has 1 N–H and O–H groups in total. The molecule has 1 aromatic rings. The molecule has 1 fully saturated rings. The molecule has 20 heavy (non-hydrogen) atoms. The van der Waals surface area contributed by atoms with Gasteiger partial charge >= 0.3 is 6.03 Å². The van der Waals surface area contributed by atoms with Gasteiger partial charge in [0.2, 0.25) is 0 Å². The number of urea groups is 1. The van der Waals surface area contributed by atoms with Crippen molar-refractivity contribution in [2.45, 2.75) is 32.3 Å².